The molecule has 0 aliphatic carbocycles. The van der Waals surface area contributed by atoms with Crippen LogP contribution in [0, 0.1) is 0 Å². The number of hydrogen-bond acceptors (Lipinski definition) is 4. The molecule has 0 bridgehead atoms. The topological polar surface area (TPSA) is 93.8 Å². The lowest BCUT2D eigenvalue weighted by Gasteiger charge is -2.13. The molecule has 3 aromatic rings. The minimum absolute atomic E-state index is 0.227. The SMILES string of the molecule is CC(C(=O)Nc1ccc(NC(=O)c2ccn(C)n2)cc1)n1cc(Cl)cn1. The van der Waals surface area contributed by atoms with Crippen LogP contribution in [-0.4, -0.2) is 31.4 Å². The molecule has 9 heteroatoms. The summed E-state index contributed by atoms with van der Waals surface area (Å²) in [7, 11) is 1.74. The lowest BCUT2D eigenvalue weighted by molar-refractivity contribution is -0.119. The third kappa shape index (κ3) is 4.09. The predicted octanol–water partition coefficient (Wildman–Crippen LogP) is 2.72. The molecule has 26 heavy (non-hydrogen) atoms. The number of nitrogens with zero attached hydrogens (tertiary/aromatic N) is 4. The molecule has 2 amide bonds. The van der Waals surface area contributed by atoms with Crippen molar-refractivity contribution in [2.75, 3.05) is 10.6 Å². The number of aromatic nitrogens is 4. The van der Waals surface area contributed by atoms with Crippen LogP contribution in [0.25, 0.3) is 0 Å². The van der Waals surface area contributed by atoms with Gasteiger partial charge in [0.05, 0.1) is 11.2 Å². The van der Waals surface area contributed by atoms with Gasteiger partial charge in [0.15, 0.2) is 5.69 Å². The third-order valence-corrected chi connectivity index (χ3v) is 3.90. The van der Waals surface area contributed by atoms with Crippen LogP contribution in [0.15, 0.2) is 48.9 Å². The first kappa shape index (κ1) is 17.7. The van der Waals surface area contributed by atoms with Gasteiger partial charge in [-0.3, -0.25) is 19.0 Å². The van der Waals surface area contributed by atoms with Crippen molar-refractivity contribution >= 4 is 34.8 Å². The molecule has 0 aliphatic heterocycles. The monoisotopic (exact) mass is 372 g/mol. The minimum Gasteiger partial charge on any atom is -0.324 e. The zero-order chi connectivity index (χ0) is 18.7. The van der Waals surface area contributed by atoms with Crippen molar-refractivity contribution < 1.29 is 9.59 Å². The highest BCUT2D eigenvalue weighted by molar-refractivity contribution is 6.30. The van der Waals surface area contributed by atoms with E-state index < -0.39 is 6.04 Å². The molecule has 0 saturated heterocycles. The molecule has 1 unspecified atom stereocenters. The molecule has 0 fully saturated rings. The van der Waals surface area contributed by atoms with Gasteiger partial charge in [-0.05, 0) is 37.3 Å². The van der Waals surface area contributed by atoms with Crippen LogP contribution >= 0.6 is 11.6 Å². The normalized spacial score (nSPS) is 11.8. The summed E-state index contributed by atoms with van der Waals surface area (Å²) < 4.78 is 3.04. The van der Waals surface area contributed by atoms with Gasteiger partial charge in [-0.1, -0.05) is 11.6 Å². The Hall–Kier alpha value is -3.13. The van der Waals surface area contributed by atoms with E-state index in [1.807, 2.05) is 0 Å². The fraction of sp³-hybridized carbons (Fsp3) is 0.176. The van der Waals surface area contributed by atoms with Gasteiger partial charge in [-0.25, -0.2) is 0 Å². The van der Waals surface area contributed by atoms with Gasteiger partial charge in [-0.15, -0.1) is 0 Å². The molecular weight excluding hydrogens is 356 g/mol. The average Bonchev–Trinajstić information content (AvgIpc) is 3.24. The standard InChI is InChI=1S/C17H17ClN6O2/c1-11(24-10-12(18)9-19-24)16(25)20-13-3-5-14(6-4-13)21-17(26)15-7-8-23(2)22-15/h3-11H,1-2H3,(H,20,25)(H,21,26). The van der Waals surface area contributed by atoms with Gasteiger partial charge < -0.3 is 10.6 Å². The Morgan fingerprint density at radius 3 is 2.31 bits per heavy atom. The van der Waals surface area contributed by atoms with Gasteiger partial charge in [-0.2, -0.15) is 10.2 Å². The second-order valence-corrected chi connectivity index (χ2v) is 6.15. The number of nitrogens with one attached hydrogen (secondary N) is 2. The Labute approximate surface area is 154 Å². The molecule has 1 aromatic carbocycles. The second kappa shape index (κ2) is 7.40. The number of anilines is 2. The van der Waals surface area contributed by atoms with Gasteiger partial charge in [0.25, 0.3) is 5.91 Å². The molecule has 0 radical (unpaired) electrons. The lowest BCUT2D eigenvalue weighted by atomic mass is 10.2. The van der Waals surface area contributed by atoms with E-state index in [2.05, 4.69) is 20.8 Å². The summed E-state index contributed by atoms with van der Waals surface area (Å²) in [4.78, 5) is 24.3. The number of benzene rings is 1. The highest BCUT2D eigenvalue weighted by Crippen LogP contribution is 2.17. The van der Waals surface area contributed by atoms with Crippen LogP contribution in [-0.2, 0) is 11.8 Å². The van der Waals surface area contributed by atoms with Crippen LogP contribution in [0.2, 0.25) is 5.02 Å². The summed E-state index contributed by atoms with van der Waals surface area (Å²) >= 11 is 5.82. The van der Waals surface area contributed by atoms with Gasteiger partial charge in [0.2, 0.25) is 5.91 Å². The highest BCUT2D eigenvalue weighted by Gasteiger charge is 2.16. The maximum absolute atomic E-state index is 12.3. The van der Waals surface area contributed by atoms with Gasteiger partial charge in [0.1, 0.15) is 6.04 Å². The maximum atomic E-state index is 12.3. The molecule has 2 N–H and O–H groups in total. The number of aryl methyl sites for hydroxylation is 1. The first-order chi connectivity index (χ1) is 12.4. The average molecular weight is 373 g/mol. The van der Waals surface area contributed by atoms with Crippen molar-refractivity contribution in [1.82, 2.24) is 19.6 Å². The quantitative estimate of drug-likeness (QED) is 0.720. The number of hydrogen-bond donors (Lipinski definition) is 2. The summed E-state index contributed by atoms with van der Waals surface area (Å²) in [5.41, 5.74) is 1.54. The second-order valence-electron chi connectivity index (χ2n) is 5.71. The Kier molecular flexibility index (Phi) is 5.04. The van der Waals surface area contributed by atoms with Crippen molar-refractivity contribution in [2.24, 2.45) is 7.05 Å². The van der Waals surface area contributed by atoms with E-state index in [0.29, 0.717) is 22.1 Å². The molecule has 2 heterocycles. The smallest absolute Gasteiger partial charge is 0.276 e. The van der Waals surface area contributed by atoms with Crippen LogP contribution < -0.4 is 10.6 Å². The zero-order valence-corrected chi connectivity index (χ0v) is 14.9. The molecule has 2 aromatic heterocycles. The van der Waals surface area contributed by atoms with E-state index in [0.717, 1.165) is 0 Å². The molecular formula is C17H17ClN6O2. The molecule has 134 valence electrons. The molecule has 8 nitrogen and oxygen atoms in total. The first-order valence-corrected chi connectivity index (χ1v) is 8.22. The van der Waals surface area contributed by atoms with Crippen molar-refractivity contribution in [3.05, 3.63) is 59.6 Å². The molecule has 0 aliphatic rings. The van der Waals surface area contributed by atoms with Crippen LogP contribution in [0.4, 0.5) is 11.4 Å². The summed E-state index contributed by atoms with van der Waals surface area (Å²) in [6, 6.07) is 7.93. The van der Waals surface area contributed by atoms with Crippen LogP contribution in [0.3, 0.4) is 0 Å². The van der Waals surface area contributed by atoms with Crippen LogP contribution in [0.1, 0.15) is 23.5 Å². The molecule has 0 saturated carbocycles. The highest BCUT2D eigenvalue weighted by atomic mass is 35.5. The predicted molar refractivity (Wildman–Crippen MR) is 98.2 cm³/mol. The lowest BCUT2D eigenvalue weighted by Crippen LogP contribution is -2.24. The Balaban J connectivity index is 1.60. The van der Waals surface area contributed by atoms with E-state index in [4.69, 9.17) is 11.6 Å². The summed E-state index contributed by atoms with van der Waals surface area (Å²) in [5.74, 6) is -0.526. The van der Waals surface area contributed by atoms with E-state index in [1.165, 1.54) is 10.9 Å². The van der Waals surface area contributed by atoms with Crippen molar-refractivity contribution in [1.29, 1.82) is 0 Å². The number of amides is 2. The van der Waals surface area contributed by atoms with E-state index in [1.54, 1.807) is 61.4 Å². The van der Waals surface area contributed by atoms with E-state index in [-0.39, 0.29) is 11.8 Å². The fourth-order valence-corrected chi connectivity index (χ4v) is 2.41. The Morgan fingerprint density at radius 1 is 1.12 bits per heavy atom. The molecule has 0 spiro atoms. The number of carbonyl (C=O) groups is 2. The van der Waals surface area contributed by atoms with Gasteiger partial charge >= 0.3 is 0 Å². The fourth-order valence-electron chi connectivity index (χ4n) is 2.26. The van der Waals surface area contributed by atoms with Crippen molar-refractivity contribution in [2.45, 2.75) is 13.0 Å². The molecule has 3 rings (SSSR count). The zero-order valence-electron chi connectivity index (χ0n) is 14.2. The van der Waals surface area contributed by atoms with E-state index in [9.17, 15) is 9.59 Å². The minimum atomic E-state index is -0.508. The summed E-state index contributed by atoms with van der Waals surface area (Å²) in [5, 5.41) is 14.1. The van der Waals surface area contributed by atoms with Gasteiger partial charge in [0, 0.05) is 30.8 Å². The summed E-state index contributed by atoms with van der Waals surface area (Å²) in [6.07, 6.45) is 4.76. The first-order valence-electron chi connectivity index (χ1n) is 7.84. The van der Waals surface area contributed by atoms with Crippen molar-refractivity contribution in [3.63, 3.8) is 0 Å². The Morgan fingerprint density at radius 2 is 1.77 bits per heavy atom. The third-order valence-electron chi connectivity index (χ3n) is 3.70. The summed E-state index contributed by atoms with van der Waals surface area (Å²) in [6.45, 7) is 1.72. The maximum Gasteiger partial charge on any atom is 0.276 e. The number of halogens is 1. The number of rotatable bonds is 5. The van der Waals surface area contributed by atoms with E-state index >= 15 is 0 Å². The van der Waals surface area contributed by atoms with Crippen LogP contribution in [0.5, 0.6) is 0 Å². The largest absolute Gasteiger partial charge is 0.324 e. The Bertz CT molecular complexity index is 931. The molecule has 1 atom stereocenters. The van der Waals surface area contributed by atoms with Crippen molar-refractivity contribution in [3.8, 4) is 0 Å². The number of carbonyl (C=O) groups excluding carboxylic acids is 2.